The molecule has 0 aromatic carbocycles. The molecule has 1 unspecified atom stereocenters. The SMILES string of the molecule is O=C(c1cncc(Br)c1)N1CCOC(CBr)C1. The first-order chi connectivity index (χ1) is 8.20. The number of pyridine rings is 1. The van der Waals surface area contributed by atoms with Crippen LogP contribution in [0, 0.1) is 0 Å². The van der Waals surface area contributed by atoms with E-state index in [4.69, 9.17) is 4.74 Å². The van der Waals surface area contributed by atoms with Crippen molar-refractivity contribution in [2.24, 2.45) is 0 Å². The Morgan fingerprint density at radius 1 is 1.59 bits per heavy atom. The summed E-state index contributed by atoms with van der Waals surface area (Å²) in [6, 6.07) is 1.79. The van der Waals surface area contributed by atoms with Gasteiger partial charge in [-0.05, 0) is 22.0 Å². The molecule has 1 aliphatic heterocycles. The fourth-order valence-corrected chi connectivity index (χ4v) is 2.47. The maximum absolute atomic E-state index is 12.2. The van der Waals surface area contributed by atoms with Crippen molar-refractivity contribution < 1.29 is 9.53 Å². The molecule has 2 rings (SSSR count). The quantitative estimate of drug-likeness (QED) is 0.755. The van der Waals surface area contributed by atoms with Crippen LogP contribution in [0.25, 0.3) is 0 Å². The van der Waals surface area contributed by atoms with Gasteiger partial charge in [-0.15, -0.1) is 0 Å². The summed E-state index contributed by atoms with van der Waals surface area (Å²) in [5.74, 6) is 0.00745. The van der Waals surface area contributed by atoms with Crippen molar-refractivity contribution in [1.29, 1.82) is 0 Å². The zero-order valence-electron chi connectivity index (χ0n) is 9.10. The van der Waals surface area contributed by atoms with Crippen molar-refractivity contribution in [2.45, 2.75) is 6.10 Å². The monoisotopic (exact) mass is 362 g/mol. The number of aromatic nitrogens is 1. The van der Waals surface area contributed by atoms with Crippen LogP contribution in [0.5, 0.6) is 0 Å². The van der Waals surface area contributed by atoms with Gasteiger partial charge in [0.15, 0.2) is 0 Å². The van der Waals surface area contributed by atoms with Crippen molar-refractivity contribution in [1.82, 2.24) is 9.88 Å². The van der Waals surface area contributed by atoms with Gasteiger partial charge in [0.2, 0.25) is 0 Å². The molecule has 1 aromatic rings. The first-order valence-electron chi connectivity index (χ1n) is 5.28. The highest BCUT2D eigenvalue weighted by Crippen LogP contribution is 2.14. The van der Waals surface area contributed by atoms with Gasteiger partial charge >= 0.3 is 0 Å². The highest BCUT2D eigenvalue weighted by atomic mass is 79.9. The Labute approximate surface area is 117 Å². The topological polar surface area (TPSA) is 42.4 Å². The molecule has 1 aliphatic rings. The summed E-state index contributed by atoms with van der Waals surface area (Å²) < 4.78 is 6.32. The van der Waals surface area contributed by atoms with Crippen LogP contribution in [0.3, 0.4) is 0 Å². The molecule has 2 heterocycles. The molecule has 4 nitrogen and oxygen atoms in total. The van der Waals surface area contributed by atoms with Gasteiger partial charge in [-0.2, -0.15) is 0 Å². The van der Waals surface area contributed by atoms with Crippen molar-refractivity contribution in [3.8, 4) is 0 Å². The number of morpholine rings is 1. The van der Waals surface area contributed by atoms with E-state index in [2.05, 4.69) is 36.8 Å². The average Bonchev–Trinajstić information content (AvgIpc) is 2.38. The number of carbonyl (C=O) groups is 1. The molecule has 1 fully saturated rings. The molecule has 1 amide bonds. The molecule has 17 heavy (non-hydrogen) atoms. The molecular weight excluding hydrogens is 352 g/mol. The van der Waals surface area contributed by atoms with E-state index in [-0.39, 0.29) is 12.0 Å². The second-order valence-corrected chi connectivity index (χ2v) is 5.35. The van der Waals surface area contributed by atoms with Gasteiger partial charge in [-0.1, -0.05) is 15.9 Å². The Balaban J connectivity index is 2.09. The molecule has 0 bridgehead atoms. The zero-order chi connectivity index (χ0) is 12.3. The molecule has 1 saturated heterocycles. The number of alkyl halides is 1. The number of ether oxygens (including phenoxy) is 1. The Hall–Kier alpha value is -0.460. The van der Waals surface area contributed by atoms with E-state index in [1.165, 1.54) is 0 Å². The smallest absolute Gasteiger partial charge is 0.255 e. The van der Waals surface area contributed by atoms with Gasteiger partial charge in [-0.25, -0.2) is 0 Å². The minimum atomic E-state index is 0.00745. The third-order valence-corrected chi connectivity index (χ3v) is 3.71. The van der Waals surface area contributed by atoms with Crippen LogP contribution in [-0.2, 0) is 4.74 Å². The van der Waals surface area contributed by atoms with Gasteiger partial charge in [0.05, 0.1) is 18.3 Å². The molecule has 0 N–H and O–H groups in total. The molecule has 0 radical (unpaired) electrons. The summed E-state index contributed by atoms with van der Waals surface area (Å²) in [5.41, 5.74) is 0.606. The Morgan fingerprint density at radius 2 is 2.41 bits per heavy atom. The molecular formula is C11H12Br2N2O2. The van der Waals surface area contributed by atoms with Gasteiger partial charge in [0.25, 0.3) is 5.91 Å². The van der Waals surface area contributed by atoms with Crippen LogP contribution in [0.15, 0.2) is 22.9 Å². The average molecular weight is 364 g/mol. The van der Waals surface area contributed by atoms with E-state index >= 15 is 0 Å². The summed E-state index contributed by atoms with van der Waals surface area (Å²) in [5, 5.41) is 0.744. The molecule has 92 valence electrons. The van der Waals surface area contributed by atoms with E-state index in [9.17, 15) is 4.79 Å². The number of amides is 1. The van der Waals surface area contributed by atoms with E-state index in [0.29, 0.717) is 25.3 Å². The lowest BCUT2D eigenvalue weighted by Gasteiger charge is -2.32. The van der Waals surface area contributed by atoms with Crippen molar-refractivity contribution in [2.75, 3.05) is 25.0 Å². The summed E-state index contributed by atoms with van der Waals surface area (Å²) in [4.78, 5) is 18.0. The third kappa shape index (κ3) is 3.26. The maximum Gasteiger partial charge on any atom is 0.255 e. The van der Waals surface area contributed by atoms with Crippen LogP contribution >= 0.6 is 31.9 Å². The second-order valence-electron chi connectivity index (χ2n) is 3.79. The lowest BCUT2D eigenvalue weighted by atomic mass is 10.2. The largest absolute Gasteiger partial charge is 0.374 e. The molecule has 0 aliphatic carbocycles. The summed E-state index contributed by atoms with van der Waals surface area (Å²) in [6.45, 7) is 1.84. The van der Waals surface area contributed by atoms with Crippen LogP contribution in [0.1, 0.15) is 10.4 Å². The second kappa shape index (κ2) is 5.93. The van der Waals surface area contributed by atoms with E-state index in [0.717, 1.165) is 9.80 Å². The molecule has 1 atom stereocenters. The third-order valence-electron chi connectivity index (χ3n) is 2.55. The first-order valence-corrected chi connectivity index (χ1v) is 7.19. The highest BCUT2D eigenvalue weighted by molar-refractivity contribution is 9.10. The van der Waals surface area contributed by atoms with Crippen LogP contribution in [-0.4, -0.2) is 46.9 Å². The maximum atomic E-state index is 12.2. The molecule has 0 spiro atoms. The van der Waals surface area contributed by atoms with E-state index in [1.54, 1.807) is 23.4 Å². The summed E-state index contributed by atoms with van der Waals surface area (Å²) in [6.07, 6.45) is 3.33. The molecule has 0 saturated carbocycles. The minimum Gasteiger partial charge on any atom is -0.374 e. The Bertz CT molecular complexity index is 414. The Kier molecular flexibility index (Phi) is 4.53. The lowest BCUT2D eigenvalue weighted by Crippen LogP contribution is -2.46. The molecule has 1 aromatic heterocycles. The number of halogens is 2. The predicted octanol–water partition coefficient (Wildman–Crippen LogP) is 2.08. The Morgan fingerprint density at radius 3 is 3.12 bits per heavy atom. The van der Waals surface area contributed by atoms with Crippen molar-refractivity contribution >= 4 is 37.8 Å². The van der Waals surface area contributed by atoms with Crippen LogP contribution < -0.4 is 0 Å². The van der Waals surface area contributed by atoms with Gasteiger partial charge in [0.1, 0.15) is 0 Å². The number of carbonyl (C=O) groups excluding carboxylic acids is 1. The van der Waals surface area contributed by atoms with E-state index in [1.807, 2.05) is 0 Å². The number of hydrogen-bond donors (Lipinski definition) is 0. The van der Waals surface area contributed by atoms with E-state index < -0.39 is 0 Å². The number of nitrogens with zero attached hydrogens (tertiary/aromatic N) is 2. The normalized spacial score (nSPS) is 20.4. The fraction of sp³-hybridized carbons (Fsp3) is 0.455. The zero-order valence-corrected chi connectivity index (χ0v) is 12.3. The summed E-state index contributed by atoms with van der Waals surface area (Å²) in [7, 11) is 0. The lowest BCUT2D eigenvalue weighted by molar-refractivity contribution is -0.00966. The molecule has 6 heteroatoms. The first kappa shape index (κ1) is 13.0. The minimum absolute atomic E-state index is 0.00745. The van der Waals surface area contributed by atoms with Crippen molar-refractivity contribution in [3.05, 3.63) is 28.5 Å². The standard InChI is InChI=1S/C11H12Br2N2O2/c12-4-10-7-15(1-2-17-10)11(16)8-3-9(13)6-14-5-8/h3,5-6,10H,1-2,4,7H2. The number of hydrogen-bond acceptors (Lipinski definition) is 3. The van der Waals surface area contributed by atoms with Gasteiger partial charge in [0, 0.05) is 35.3 Å². The highest BCUT2D eigenvalue weighted by Gasteiger charge is 2.24. The van der Waals surface area contributed by atoms with Crippen molar-refractivity contribution in [3.63, 3.8) is 0 Å². The fourth-order valence-electron chi connectivity index (χ4n) is 1.71. The van der Waals surface area contributed by atoms with Crippen LogP contribution in [0.2, 0.25) is 0 Å². The van der Waals surface area contributed by atoms with Crippen LogP contribution in [0.4, 0.5) is 0 Å². The predicted molar refractivity (Wildman–Crippen MR) is 71.4 cm³/mol. The number of rotatable bonds is 2. The summed E-state index contributed by atoms with van der Waals surface area (Å²) >= 11 is 6.69. The van der Waals surface area contributed by atoms with Gasteiger partial charge in [-0.3, -0.25) is 9.78 Å². The van der Waals surface area contributed by atoms with Gasteiger partial charge < -0.3 is 9.64 Å².